The van der Waals surface area contributed by atoms with Crippen molar-refractivity contribution in [1.29, 1.82) is 0 Å². The van der Waals surface area contributed by atoms with Gasteiger partial charge in [0.1, 0.15) is 17.9 Å². The number of hydrogen-bond acceptors (Lipinski definition) is 4. The highest BCUT2D eigenvalue weighted by Crippen LogP contribution is 2.34. The first-order valence-corrected chi connectivity index (χ1v) is 6.27. The maximum absolute atomic E-state index is 12.9. The summed E-state index contributed by atoms with van der Waals surface area (Å²) in [5.41, 5.74) is -2.34. The molecule has 2 rings (SSSR count). The SMILES string of the molecule is CCC(O)COc1ccc2c(C(F)(F)F)cc(=O)oc2c1. The first kappa shape index (κ1) is 15.4. The third-order valence-electron chi connectivity index (χ3n) is 2.94. The van der Waals surface area contributed by atoms with Gasteiger partial charge < -0.3 is 14.3 Å². The van der Waals surface area contributed by atoms with Crippen molar-refractivity contribution in [3.05, 3.63) is 40.2 Å². The van der Waals surface area contributed by atoms with Crippen LogP contribution in [0.4, 0.5) is 13.2 Å². The Morgan fingerprint density at radius 1 is 1.33 bits per heavy atom. The van der Waals surface area contributed by atoms with E-state index in [0.717, 1.165) is 0 Å². The van der Waals surface area contributed by atoms with Crippen molar-refractivity contribution in [3.63, 3.8) is 0 Å². The molecule has 21 heavy (non-hydrogen) atoms. The van der Waals surface area contributed by atoms with Crippen molar-refractivity contribution in [1.82, 2.24) is 0 Å². The van der Waals surface area contributed by atoms with Crippen LogP contribution in [0, 0.1) is 0 Å². The molecule has 1 unspecified atom stereocenters. The molecule has 0 spiro atoms. The van der Waals surface area contributed by atoms with Gasteiger partial charge in [-0.3, -0.25) is 0 Å². The lowest BCUT2D eigenvalue weighted by atomic mass is 10.1. The fourth-order valence-electron chi connectivity index (χ4n) is 1.78. The van der Waals surface area contributed by atoms with E-state index in [0.29, 0.717) is 12.5 Å². The molecule has 1 heterocycles. The average molecular weight is 302 g/mol. The summed E-state index contributed by atoms with van der Waals surface area (Å²) in [5.74, 6) is 0.220. The zero-order valence-electron chi connectivity index (χ0n) is 11.1. The monoisotopic (exact) mass is 302 g/mol. The van der Waals surface area contributed by atoms with Crippen molar-refractivity contribution < 1.29 is 27.4 Å². The van der Waals surface area contributed by atoms with Crippen LogP contribution in [0.25, 0.3) is 11.0 Å². The molecular weight excluding hydrogens is 289 g/mol. The van der Waals surface area contributed by atoms with Crippen molar-refractivity contribution in [2.24, 2.45) is 0 Å². The van der Waals surface area contributed by atoms with Gasteiger partial charge in [-0.15, -0.1) is 0 Å². The van der Waals surface area contributed by atoms with Crippen LogP contribution in [0.3, 0.4) is 0 Å². The minimum Gasteiger partial charge on any atom is -0.491 e. The number of aliphatic hydroxyl groups is 1. The van der Waals surface area contributed by atoms with E-state index in [1.54, 1.807) is 6.92 Å². The molecule has 1 aromatic heterocycles. The largest absolute Gasteiger partial charge is 0.491 e. The van der Waals surface area contributed by atoms with Gasteiger partial charge in [0.15, 0.2) is 0 Å². The summed E-state index contributed by atoms with van der Waals surface area (Å²) in [4.78, 5) is 11.2. The molecule has 0 saturated heterocycles. The molecule has 7 heteroatoms. The van der Waals surface area contributed by atoms with Gasteiger partial charge in [-0.05, 0) is 18.6 Å². The zero-order valence-corrected chi connectivity index (χ0v) is 11.1. The molecule has 0 aliphatic heterocycles. The summed E-state index contributed by atoms with van der Waals surface area (Å²) in [7, 11) is 0. The summed E-state index contributed by atoms with van der Waals surface area (Å²) < 4.78 is 48.6. The van der Waals surface area contributed by atoms with Crippen LogP contribution < -0.4 is 10.4 Å². The number of ether oxygens (including phenoxy) is 1. The Bertz CT molecular complexity index is 691. The molecule has 0 saturated carbocycles. The first-order valence-electron chi connectivity index (χ1n) is 6.27. The van der Waals surface area contributed by atoms with Crippen molar-refractivity contribution >= 4 is 11.0 Å². The molecule has 0 aliphatic rings. The predicted octanol–water partition coefficient (Wildman–Crippen LogP) is 2.96. The molecule has 1 N–H and O–H groups in total. The summed E-state index contributed by atoms with van der Waals surface area (Å²) in [5, 5.41) is 9.16. The third kappa shape index (κ3) is 3.55. The van der Waals surface area contributed by atoms with Gasteiger partial charge in [-0.25, -0.2) is 4.79 Å². The Morgan fingerprint density at radius 3 is 2.67 bits per heavy atom. The van der Waals surface area contributed by atoms with Crippen LogP contribution in [0.2, 0.25) is 0 Å². The highest BCUT2D eigenvalue weighted by molar-refractivity contribution is 5.82. The van der Waals surface area contributed by atoms with E-state index in [1.165, 1.54) is 18.2 Å². The highest BCUT2D eigenvalue weighted by atomic mass is 19.4. The Morgan fingerprint density at radius 2 is 2.05 bits per heavy atom. The van der Waals surface area contributed by atoms with E-state index in [9.17, 15) is 23.1 Å². The number of alkyl halides is 3. The summed E-state index contributed by atoms with van der Waals surface area (Å²) >= 11 is 0. The smallest absolute Gasteiger partial charge is 0.417 e. The molecular formula is C14H13F3O4. The van der Waals surface area contributed by atoms with Crippen LogP contribution in [-0.4, -0.2) is 17.8 Å². The Hall–Kier alpha value is -2.02. The highest BCUT2D eigenvalue weighted by Gasteiger charge is 2.33. The van der Waals surface area contributed by atoms with Crippen molar-refractivity contribution in [2.45, 2.75) is 25.6 Å². The second-order valence-electron chi connectivity index (χ2n) is 4.51. The van der Waals surface area contributed by atoms with Crippen LogP contribution >= 0.6 is 0 Å². The van der Waals surface area contributed by atoms with Crippen molar-refractivity contribution in [3.8, 4) is 5.75 Å². The summed E-state index contributed by atoms with van der Waals surface area (Å²) in [6.45, 7) is 1.77. The molecule has 0 bridgehead atoms. The van der Waals surface area contributed by atoms with Gasteiger partial charge in [-0.1, -0.05) is 6.92 Å². The number of fused-ring (bicyclic) bond motifs is 1. The predicted molar refractivity (Wildman–Crippen MR) is 69.3 cm³/mol. The molecule has 0 aliphatic carbocycles. The average Bonchev–Trinajstić information content (AvgIpc) is 2.42. The minimum atomic E-state index is -4.64. The van der Waals surface area contributed by atoms with E-state index in [1.807, 2.05) is 0 Å². The molecule has 0 fully saturated rings. The Labute approximate surface area is 117 Å². The third-order valence-corrected chi connectivity index (χ3v) is 2.94. The Balaban J connectivity index is 2.42. The topological polar surface area (TPSA) is 59.7 Å². The van der Waals surface area contributed by atoms with Gasteiger partial charge in [0.05, 0.1) is 11.7 Å². The minimum absolute atomic E-state index is 0.00516. The van der Waals surface area contributed by atoms with Gasteiger partial charge >= 0.3 is 11.8 Å². The van der Waals surface area contributed by atoms with Crippen LogP contribution in [0.15, 0.2) is 33.5 Å². The van der Waals surface area contributed by atoms with E-state index in [-0.39, 0.29) is 23.3 Å². The second kappa shape index (κ2) is 5.77. The van der Waals surface area contributed by atoms with Crippen LogP contribution in [-0.2, 0) is 6.18 Å². The van der Waals surface area contributed by atoms with E-state index >= 15 is 0 Å². The number of rotatable bonds is 4. The van der Waals surface area contributed by atoms with Crippen molar-refractivity contribution in [2.75, 3.05) is 6.61 Å². The fraction of sp³-hybridized carbons (Fsp3) is 0.357. The number of aliphatic hydroxyl groups excluding tert-OH is 1. The van der Waals surface area contributed by atoms with E-state index in [4.69, 9.17) is 9.15 Å². The van der Waals surface area contributed by atoms with Gasteiger partial charge in [0.2, 0.25) is 0 Å². The van der Waals surface area contributed by atoms with Gasteiger partial charge in [-0.2, -0.15) is 13.2 Å². The van der Waals surface area contributed by atoms with Crippen LogP contribution in [0.1, 0.15) is 18.9 Å². The second-order valence-corrected chi connectivity index (χ2v) is 4.51. The number of benzene rings is 1. The van der Waals surface area contributed by atoms with E-state index < -0.39 is 23.5 Å². The molecule has 1 atom stereocenters. The van der Waals surface area contributed by atoms with Gasteiger partial charge in [0, 0.05) is 17.5 Å². The summed E-state index contributed by atoms with van der Waals surface area (Å²) in [6.07, 6.45) is -4.83. The lowest BCUT2D eigenvalue weighted by molar-refractivity contribution is -0.136. The molecule has 114 valence electrons. The van der Waals surface area contributed by atoms with E-state index in [2.05, 4.69) is 0 Å². The summed E-state index contributed by atoms with van der Waals surface area (Å²) in [6, 6.07) is 4.13. The maximum Gasteiger partial charge on any atom is 0.417 e. The fourth-order valence-corrected chi connectivity index (χ4v) is 1.78. The lowest BCUT2D eigenvalue weighted by Gasteiger charge is -2.12. The number of hydrogen-bond donors (Lipinski definition) is 1. The standard InChI is InChI=1S/C14H13F3O4/c1-2-8(18)7-20-9-3-4-10-11(14(15,16)17)6-13(19)21-12(10)5-9/h3-6,8,18H,2,7H2,1H3. The molecule has 0 amide bonds. The number of halogens is 3. The quantitative estimate of drug-likeness (QED) is 0.882. The molecule has 1 aromatic carbocycles. The normalized spacial score (nSPS) is 13.4. The zero-order chi connectivity index (χ0) is 15.6. The molecule has 4 nitrogen and oxygen atoms in total. The van der Waals surface area contributed by atoms with Crippen LogP contribution in [0.5, 0.6) is 5.75 Å². The van der Waals surface area contributed by atoms with Gasteiger partial charge in [0.25, 0.3) is 0 Å². The first-order chi connectivity index (χ1) is 9.81. The molecule has 2 aromatic rings. The Kier molecular flexibility index (Phi) is 4.22. The maximum atomic E-state index is 12.9. The molecule has 0 radical (unpaired) electrons. The lowest BCUT2D eigenvalue weighted by Crippen LogP contribution is -2.16.